The summed E-state index contributed by atoms with van der Waals surface area (Å²) in [5.41, 5.74) is 5.27. The van der Waals surface area contributed by atoms with E-state index < -0.39 is 60.7 Å². The van der Waals surface area contributed by atoms with Gasteiger partial charge in [-0.2, -0.15) is 23.0 Å². The second kappa shape index (κ2) is 8.73. The fraction of sp³-hybridized carbons (Fsp3) is 0.500. The molecule has 0 spiro atoms. The Kier molecular flexibility index (Phi) is 6.88. The third-order valence-corrected chi connectivity index (χ3v) is 7.65. The Morgan fingerprint density at radius 1 is 1.09 bits per heavy atom. The van der Waals surface area contributed by atoms with Crippen molar-refractivity contribution in [1.29, 1.82) is 0 Å². The van der Waals surface area contributed by atoms with E-state index in [2.05, 4.69) is 28.1 Å². The van der Waals surface area contributed by atoms with Crippen molar-refractivity contribution in [3.05, 3.63) is 12.4 Å². The number of ether oxygens (including phenoxy) is 1. The highest BCUT2D eigenvalue weighted by Crippen LogP contribution is 2.66. The Labute approximate surface area is 175 Å². The van der Waals surface area contributed by atoms with Gasteiger partial charge in [0.15, 0.2) is 23.2 Å². The minimum Gasteiger partial charge on any atom is -0.387 e. The number of nitrogens with zero attached hydrogens (tertiary/aromatic N) is 4. The standard InChI is InChI=1S/C10H15FN5O13P3/c11-10-14-7(12)4-8(15-10)16(2-13-4)9-6(18)5(17)3(27-9)1-26-31(22,23)29-32(24,25)28-30(19,20)21/h2-3,5-6,9,17-18H,1H2,(H,22,23)(H,24,25)(H2,12,14,15)(H2,19,20,21)/t3-,5-,6+,9-/m0/s1. The molecule has 3 heterocycles. The van der Waals surface area contributed by atoms with Gasteiger partial charge in [0.05, 0.1) is 12.9 Å². The average Bonchev–Trinajstić information content (AvgIpc) is 3.12. The van der Waals surface area contributed by atoms with Gasteiger partial charge in [-0.1, -0.05) is 0 Å². The highest BCUT2D eigenvalue weighted by molar-refractivity contribution is 7.66. The van der Waals surface area contributed by atoms with Gasteiger partial charge in [-0.3, -0.25) is 9.09 Å². The Morgan fingerprint density at radius 2 is 1.75 bits per heavy atom. The Hall–Kier alpha value is -1.43. The number of hydrogen-bond donors (Lipinski definition) is 7. The predicted octanol–water partition coefficient (Wildman–Crippen LogP) is -1.49. The maximum absolute atomic E-state index is 13.5. The van der Waals surface area contributed by atoms with Gasteiger partial charge in [-0.05, 0) is 0 Å². The largest absolute Gasteiger partial charge is 0.490 e. The lowest BCUT2D eigenvalue weighted by Crippen LogP contribution is -2.33. The van der Waals surface area contributed by atoms with Crippen LogP contribution in [-0.4, -0.2) is 74.2 Å². The molecule has 0 radical (unpaired) electrons. The van der Waals surface area contributed by atoms with Gasteiger partial charge in [0.1, 0.15) is 18.3 Å². The fourth-order valence-corrected chi connectivity index (χ4v) is 5.69. The number of rotatable bonds is 8. The summed E-state index contributed by atoms with van der Waals surface area (Å²) < 4.78 is 65.0. The highest BCUT2D eigenvalue weighted by atomic mass is 31.3. The number of phosphoric ester groups is 1. The third kappa shape index (κ3) is 5.73. The smallest absolute Gasteiger partial charge is 0.387 e. The molecule has 0 aromatic carbocycles. The minimum absolute atomic E-state index is 0.0478. The molecule has 2 aromatic heterocycles. The number of aliphatic hydroxyl groups excluding tert-OH is 2. The quantitative estimate of drug-likeness (QED) is 0.153. The lowest BCUT2D eigenvalue weighted by atomic mass is 10.1. The van der Waals surface area contributed by atoms with Crippen LogP contribution in [0.5, 0.6) is 0 Å². The van der Waals surface area contributed by atoms with Crippen LogP contribution in [-0.2, 0) is 31.6 Å². The van der Waals surface area contributed by atoms with E-state index >= 15 is 0 Å². The first-order valence-corrected chi connectivity index (χ1v) is 12.6. The molecule has 32 heavy (non-hydrogen) atoms. The van der Waals surface area contributed by atoms with Crippen LogP contribution in [0.3, 0.4) is 0 Å². The van der Waals surface area contributed by atoms with E-state index in [-0.39, 0.29) is 17.0 Å². The van der Waals surface area contributed by atoms with E-state index in [1.165, 1.54) is 0 Å². The van der Waals surface area contributed by atoms with Gasteiger partial charge < -0.3 is 40.3 Å². The Bertz CT molecular complexity index is 1160. The summed E-state index contributed by atoms with van der Waals surface area (Å²) in [4.78, 5) is 46.1. The van der Waals surface area contributed by atoms with E-state index in [1.54, 1.807) is 0 Å². The zero-order chi connectivity index (χ0) is 24.1. The number of fused-ring (bicyclic) bond motifs is 1. The van der Waals surface area contributed by atoms with Crippen LogP contribution in [0.25, 0.3) is 11.2 Å². The molecule has 1 fully saturated rings. The summed E-state index contributed by atoms with van der Waals surface area (Å²) in [5.74, 6) is -0.316. The second-order valence-corrected chi connectivity index (χ2v) is 10.6. The minimum atomic E-state index is -5.74. The zero-order valence-corrected chi connectivity index (χ0v) is 17.9. The summed E-state index contributed by atoms with van der Waals surface area (Å²) in [6, 6.07) is 0. The molecule has 22 heteroatoms. The third-order valence-electron chi connectivity index (χ3n) is 3.85. The maximum Gasteiger partial charge on any atom is 0.490 e. The summed E-state index contributed by atoms with van der Waals surface area (Å²) >= 11 is 0. The number of phosphoric acid groups is 3. The van der Waals surface area contributed by atoms with E-state index in [0.29, 0.717) is 0 Å². The number of anilines is 1. The number of hydrogen-bond acceptors (Lipinski definition) is 13. The number of nitrogens with two attached hydrogens (primary N) is 1. The van der Waals surface area contributed by atoms with Crippen molar-refractivity contribution in [2.24, 2.45) is 0 Å². The summed E-state index contributed by atoms with van der Waals surface area (Å²) in [5, 5.41) is 20.4. The van der Waals surface area contributed by atoms with E-state index in [4.69, 9.17) is 25.2 Å². The normalized spacial score (nSPS) is 28.0. The van der Waals surface area contributed by atoms with Crippen LogP contribution in [0, 0.1) is 6.08 Å². The molecule has 2 unspecified atom stereocenters. The predicted molar refractivity (Wildman–Crippen MR) is 95.4 cm³/mol. The molecule has 2 aromatic rings. The summed E-state index contributed by atoms with van der Waals surface area (Å²) in [7, 11) is -16.8. The van der Waals surface area contributed by atoms with E-state index in [0.717, 1.165) is 10.9 Å². The first-order chi connectivity index (χ1) is 14.6. The van der Waals surface area contributed by atoms with Crippen molar-refractivity contribution in [3.8, 4) is 0 Å². The molecular formula is C10H15FN5O13P3. The number of nitrogen functional groups attached to an aromatic ring is 1. The molecule has 180 valence electrons. The number of halogens is 1. The van der Waals surface area contributed by atoms with Crippen molar-refractivity contribution >= 4 is 40.4 Å². The van der Waals surface area contributed by atoms with Crippen LogP contribution >= 0.6 is 23.5 Å². The SMILES string of the molecule is Nc1nc(F)nc2c1ncn2[C@H]1O[C@@H](COP(=O)(O)OP(=O)(O)OP(=O)(O)O)[C@H](O)[C@H]1O. The summed E-state index contributed by atoms with van der Waals surface area (Å²) in [6.45, 7) is -1.03. The number of aromatic nitrogens is 4. The fourth-order valence-electron chi connectivity index (χ4n) is 2.66. The van der Waals surface area contributed by atoms with Gasteiger partial charge in [0, 0.05) is 0 Å². The lowest BCUT2D eigenvalue weighted by Gasteiger charge is -2.19. The van der Waals surface area contributed by atoms with Gasteiger partial charge >= 0.3 is 29.5 Å². The van der Waals surface area contributed by atoms with Crippen LogP contribution in [0.2, 0.25) is 0 Å². The molecule has 6 atom stereocenters. The van der Waals surface area contributed by atoms with Crippen molar-refractivity contribution in [2.45, 2.75) is 24.5 Å². The van der Waals surface area contributed by atoms with Crippen LogP contribution in [0.4, 0.5) is 10.2 Å². The topological polar surface area (TPSA) is 279 Å². The zero-order valence-electron chi connectivity index (χ0n) is 15.2. The first-order valence-electron chi connectivity index (χ1n) is 8.04. The van der Waals surface area contributed by atoms with E-state index in [9.17, 15) is 33.2 Å². The first kappa shape index (κ1) is 25.2. The molecule has 8 N–H and O–H groups in total. The molecule has 18 nitrogen and oxygen atoms in total. The van der Waals surface area contributed by atoms with Crippen LogP contribution in [0.15, 0.2) is 6.33 Å². The molecule has 1 saturated heterocycles. The van der Waals surface area contributed by atoms with Gasteiger partial charge in [0.25, 0.3) is 0 Å². The Balaban J connectivity index is 1.72. The van der Waals surface area contributed by atoms with Crippen LogP contribution in [0.1, 0.15) is 6.23 Å². The van der Waals surface area contributed by atoms with Crippen molar-refractivity contribution in [2.75, 3.05) is 12.3 Å². The average molecular weight is 525 g/mol. The molecule has 0 bridgehead atoms. The monoisotopic (exact) mass is 525 g/mol. The second-order valence-electron chi connectivity index (χ2n) is 6.13. The molecule has 1 aliphatic heterocycles. The van der Waals surface area contributed by atoms with Crippen molar-refractivity contribution in [3.63, 3.8) is 0 Å². The van der Waals surface area contributed by atoms with Crippen LogP contribution < -0.4 is 5.73 Å². The molecule has 0 saturated carbocycles. The van der Waals surface area contributed by atoms with Crippen molar-refractivity contribution < 1.29 is 65.8 Å². The molecule has 3 rings (SSSR count). The molecule has 0 aliphatic carbocycles. The molecular weight excluding hydrogens is 510 g/mol. The number of aliphatic hydroxyl groups is 2. The summed E-state index contributed by atoms with van der Waals surface area (Å²) in [6.07, 6.45) is -6.68. The highest BCUT2D eigenvalue weighted by Gasteiger charge is 2.47. The Morgan fingerprint density at radius 3 is 2.38 bits per heavy atom. The molecule has 0 amide bonds. The number of imidazole rings is 1. The van der Waals surface area contributed by atoms with Crippen molar-refractivity contribution in [1.82, 2.24) is 19.5 Å². The maximum atomic E-state index is 13.5. The molecule has 1 aliphatic rings. The van der Waals surface area contributed by atoms with Gasteiger partial charge in [-0.25, -0.2) is 18.7 Å². The lowest BCUT2D eigenvalue weighted by molar-refractivity contribution is -0.0503. The van der Waals surface area contributed by atoms with Gasteiger partial charge in [0.2, 0.25) is 0 Å². The van der Waals surface area contributed by atoms with E-state index in [1.807, 2.05) is 0 Å². The van der Waals surface area contributed by atoms with Gasteiger partial charge in [-0.15, -0.1) is 0 Å².